The number of nitrogens with one attached hydrogen (secondary N) is 1. The summed E-state index contributed by atoms with van der Waals surface area (Å²) in [7, 11) is 1.78. The predicted octanol–water partition coefficient (Wildman–Crippen LogP) is 2.76. The molecule has 0 amide bonds. The van der Waals surface area contributed by atoms with E-state index in [0.717, 1.165) is 32.8 Å². The second kappa shape index (κ2) is 11.9. The van der Waals surface area contributed by atoms with Gasteiger partial charge in [-0.3, -0.25) is 4.90 Å². The van der Waals surface area contributed by atoms with E-state index in [1.807, 2.05) is 0 Å². The van der Waals surface area contributed by atoms with Crippen molar-refractivity contribution < 1.29 is 4.74 Å². The fourth-order valence-electron chi connectivity index (χ4n) is 2.11. The Morgan fingerprint density at radius 3 is 2.44 bits per heavy atom. The van der Waals surface area contributed by atoms with Crippen LogP contribution < -0.4 is 5.32 Å². The van der Waals surface area contributed by atoms with E-state index in [4.69, 9.17) is 4.74 Å². The molecule has 0 aromatic rings. The fraction of sp³-hybridized carbons (Fsp3) is 1.00. The van der Waals surface area contributed by atoms with Gasteiger partial charge in [-0.2, -0.15) is 0 Å². The highest BCUT2D eigenvalue weighted by atomic mass is 16.5. The normalized spacial score (nSPS) is 13.5. The molecule has 0 spiro atoms. The van der Waals surface area contributed by atoms with E-state index < -0.39 is 0 Å². The van der Waals surface area contributed by atoms with Gasteiger partial charge in [0.25, 0.3) is 0 Å². The molecule has 0 aliphatic rings. The maximum Gasteiger partial charge on any atom is 0.0589 e. The Morgan fingerprint density at radius 2 is 1.89 bits per heavy atom. The summed E-state index contributed by atoms with van der Waals surface area (Å²) in [6, 6.07) is 0.587. The van der Waals surface area contributed by atoms with Crippen LogP contribution in [0.15, 0.2) is 0 Å². The third kappa shape index (κ3) is 9.86. The molecule has 0 aliphatic carbocycles. The van der Waals surface area contributed by atoms with Crippen molar-refractivity contribution in [3.8, 4) is 0 Å². The molecule has 18 heavy (non-hydrogen) atoms. The molecule has 1 atom stereocenters. The van der Waals surface area contributed by atoms with Gasteiger partial charge in [0.05, 0.1) is 6.61 Å². The molecule has 0 saturated heterocycles. The van der Waals surface area contributed by atoms with Gasteiger partial charge in [-0.25, -0.2) is 0 Å². The molecule has 3 nitrogen and oxygen atoms in total. The van der Waals surface area contributed by atoms with Crippen LogP contribution in [0.2, 0.25) is 0 Å². The van der Waals surface area contributed by atoms with Crippen LogP contribution in [-0.2, 0) is 4.74 Å². The van der Waals surface area contributed by atoms with E-state index >= 15 is 0 Å². The lowest BCUT2D eigenvalue weighted by Crippen LogP contribution is -2.44. The van der Waals surface area contributed by atoms with E-state index in [1.165, 1.54) is 19.3 Å². The number of hydrogen-bond acceptors (Lipinski definition) is 3. The molecule has 0 bridgehead atoms. The Kier molecular flexibility index (Phi) is 11.9. The van der Waals surface area contributed by atoms with Crippen LogP contribution in [0.4, 0.5) is 0 Å². The average Bonchev–Trinajstić information content (AvgIpc) is 2.33. The lowest BCUT2D eigenvalue weighted by atomic mass is 10.1. The molecule has 1 unspecified atom stereocenters. The van der Waals surface area contributed by atoms with Crippen LogP contribution in [0.25, 0.3) is 0 Å². The Labute approximate surface area is 114 Å². The van der Waals surface area contributed by atoms with Gasteiger partial charge in [-0.05, 0) is 25.8 Å². The van der Waals surface area contributed by atoms with E-state index in [0.29, 0.717) is 12.0 Å². The third-order valence-electron chi connectivity index (χ3n) is 3.20. The number of methoxy groups -OCH3 is 1. The van der Waals surface area contributed by atoms with Crippen molar-refractivity contribution in [2.45, 2.75) is 53.0 Å². The number of hydrogen-bond donors (Lipinski definition) is 1. The summed E-state index contributed by atoms with van der Waals surface area (Å²) in [5.74, 6) is 0.712. The van der Waals surface area contributed by atoms with E-state index in [2.05, 4.69) is 37.9 Å². The van der Waals surface area contributed by atoms with Gasteiger partial charge in [-0.1, -0.05) is 33.6 Å². The quantitative estimate of drug-likeness (QED) is 0.545. The predicted molar refractivity (Wildman–Crippen MR) is 80.1 cm³/mol. The van der Waals surface area contributed by atoms with E-state index in [-0.39, 0.29) is 0 Å². The molecule has 0 fully saturated rings. The summed E-state index contributed by atoms with van der Waals surface area (Å²) in [5, 5.41) is 3.57. The van der Waals surface area contributed by atoms with Crippen LogP contribution >= 0.6 is 0 Å². The molecule has 0 saturated carbocycles. The first-order valence-corrected chi connectivity index (χ1v) is 7.55. The highest BCUT2D eigenvalue weighted by Gasteiger charge is 2.14. The molecule has 0 aromatic heterocycles. The zero-order valence-corrected chi connectivity index (χ0v) is 13.2. The van der Waals surface area contributed by atoms with Crippen molar-refractivity contribution in [1.82, 2.24) is 10.2 Å². The van der Waals surface area contributed by atoms with Crippen molar-refractivity contribution in [1.29, 1.82) is 0 Å². The van der Waals surface area contributed by atoms with Crippen molar-refractivity contribution >= 4 is 0 Å². The van der Waals surface area contributed by atoms with Gasteiger partial charge in [0.1, 0.15) is 0 Å². The molecule has 110 valence electrons. The second-order valence-electron chi connectivity index (χ2n) is 5.64. The van der Waals surface area contributed by atoms with Crippen LogP contribution in [0, 0.1) is 5.92 Å². The molecule has 0 aliphatic heterocycles. The summed E-state index contributed by atoms with van der Waals surface area (Å²) in [4.78, 5) is 2.53. The minimum Gasteiger partial charge on any atom is -0.383 e. The van der Waals surface area contributed by atoms with Crippen molar-refractivity contribution in [2.75, 3.05) is 39.9 Å². The smallest absolute Gasteiger partial charge is 0.0589 e. The monoisotopic (exact) mass is 258 g/mol. The lowest BCUT2D eigenvalue weighted by molar-refractivity contribution is 0.114. The first-order valence-electron chi connectivity index (χ1n) is 7.55. The fourth-order valence-corrected chi connectivity index (χ4v) is 2.11. The molecular formula is C15H34N2O. The highest BCUT2D eigenvalue weighted by molar-refractivity contribution is 4.71. The molecule has 3 heteroatoms. The number of unbranched alkanes of at least 4 members (excludes halogenated alkanes) is 2. The Bertz CT molecular complexity index is 174. The van der Waals surface area contributed by atoms with Crippen LogP contribution in [0.1, 0.15) is 47.0 Å². The topological polar surface area (TPSA) is 24.5 Å². The Balaban J connectivity index is 3.84. The van der Waals surface area contributed by atoms with Gasteiger partial charge in [0.2, 0.25) is 0 Å². The van der Waals surface area contributed by atoms with Gasteiger partial charge in [0.15, 0.2) is 0 Å². The van der Waals surface area contributed by atoms with Crippen LogP contribution in [-0.4, -0.2) is 50.8 Å². The summed E-state index contributed by atoms with van der Waals surface area (Å²) in [6.07, 6.45) is 3.93. The summed E-state index contributed by atoms with van der Waals surface area (Å²) in [6.45, 7) is 14.4. The van der Waals surface area contributed by atoms with Crippen molar-refractivity contribution in [2.24, 2.45) is 5.92 Å². The van der Waals surface area contributed by atoms with E-state index in [9.17, 15) is 0 Å². The third-order valence-corrected chi connectivity index (χ3v) is 3.20. The summed E-state index contributed by atoms with van der Waals surface area (Å²) >= 11 is 0. The zero-order valence-electron chi connectivity index (χ0n) is 13.2. The average molecular weight is 258 g/mol. The molecule has 1 N–H and O–H groups in total. The largest absolute Gasteiger partial charge is 0.383 e. The number of ether oxygens (including phenoxy) is 1. The molecule has 0 aromatic carbocycles. The Hall–Kier alpha value is -0.120. The standard InChI is InChI=1S/C15H34N2O/c1-6-7-8-9-16-12-15(4)17(10-11-18-5)13-14(2)3/h14-16H,6-13H2,1-5H3. The van der Waals surface area contributed by atoms with Crippen molar-refractivity contribution in [3.05, 3.63) is 0 Å². The lowest BCUT2D eigenvalue weighted by Gasteiger charge is -2.30. The first kappa shape index (κ1) is 17.9. The van der Waals surface area contributed by atoms with Crippen molar-refractivity contribution in [3.63, 3.8) is 0 Å². The summed E-state index contributed by atoms with van der Waals surface area (Å²) in [5.41, 5.74) is 0. The van der Waals surface area contributed by atoms with Gasteiger partial charge in [0, 0.05) is 32.8 Å². The van der Waals surface area contributed by atoms with Crippen LogP contribution in [0.3, 0.4) is 0 Å². The first-order chi connectivity index (χ1) is 8.61. The number of nitrogens with zero attached hydrogens (tertiary/aromatic N) is 1. The Morgan fingerprint density at radius 1 is 1.17 bits per heavy atom. The van der Waals surface area contributed by atoms with E-state index in [1.54, 1.807) is 7.11 Å². The van der Waals surface area contributed by atoms with Gasteiger partial charge >= 0.3 is 0 Å². The maximum absolute atomic E-state index is 5.20. The maximum atomic E-state index is 5.20. The minimum atomic E-state index is 0.587. The molecule has 0 rings (SSSR count). The molecule has 0 heterocycles. The summed E-state index contributed by atoms with van der Waals surface area (Å²) < 4.78 is 5.20. The van der Waals surface area contributed by atoms with Gasteiger partial charge < -0.3 is 10.1 Å². The SMILES string of the molecule is CCCCCNCC(C)N(CCOC)CC(C)C. The molecular weight excluding hydrogens is 224 g/mol. The van der Waals surface area contributed by atoms with Gasteiger partial charge in [-0.15, -0.1) is 0 Å². The molecule has 0 radical (unpaired) electrons. The zero-order chi connectivity index (χ0) is 13.8. The highest BCUT2D eigenvalue weighted by Crippen LogP contribution is 2.04. The second-order valence-corrected chi connectivity index (χ2v) is 5.64. The van der Waals surface area contributed by atoms with Crippen LogP contribution in [0.5, 0.6) is 0 Å². The number of rotatable bonds is 12. The minimum absolute atomic E-state index is 0.587.